The summed E-state index contributed by atoms with van der Waals surface area (Å²) in [6.07, 6.45) is 0. The maximum absolute atomic E-state index is 12.7. The molecule has 0 radical (unpaired) electrons. The third-order valence-corrected chi connectivity index (χ3v) is 4.07. The van der Waals surface area contributed by atoms with Gasteiger partial charge in [-0.3, -0.25) is 29.8 Å². The summed E-state index contributed by atoms with van der Waals surface area (Å²) >= 11 is 0. The summed E-state index contributed by atoms with van der Waals surface area (Å²) < 4.78 is 0. The van der Waals surface area contributed by atoms with Crippen molar-refractivity contribution < 1.29 is 19.4 Å². The van der Waals surface area contributed by atoms with Crippen molar-refractivity contribution in [2.24, 2.45) is 0 Å². The molecule has 1 aliphatic carbocycles. The van der Waals surface area contributed by atoms with Gasteiger partial charge in [0.1, 0.15) is 11.1 Å². The molecule has 2 aromatic rings. The van der Waals surface area contributed by atoms with E-state index in [9.17, 15) is 29.8 Å². The molecule has 1 aliphatic rings. The summed E-state index contributed by atoms with van der Waals surface area (Å²) in [7, 11) is 0. The summed E-state index contributed by atoms with van der Waals surface area (Å²) in [5, 5.41) is 22.6. The molecule has 0 spiro atoms. The number of rotatable bonds is 2. The minimum atomic E-state index is -0.752. The van der Waals surface area contributed by atoms with E-state index in [1.54, 1.807) is 0 Å². The quantitative estimate of drug-likeness (QED) is 0.527. The minimum absolute atomic E-state index is 0.182. The Labute approximate surface area is 135 Å². The van der Waals surface area contributed by atoms with Gasteiger partial charge >= 0.3 is 0 Å². The van der Waals surface area contributed by atoms with Crippen LogP contribution in [0.2, 0.25) is 0 Å². The van der Waals surface area contributed by atoms with Crippen molar-refractivity contribution in [1.29, 1.82) is 0 Å². The van der Waals surface area contributed by atoms with Crippen LogP contribution in [-0.2, 0) is 0 Å². The van der Waals surface area contributed by atoms with Crippen molar-refractivity contribution in [1.82, 2.24) is 0 Å². The molecule has 0 heterocycles. The highest BCUT2D eigenvalue weighted by Gasteiger charge is 2.40. The van der Waals surface area contributed by atoms with E-state index in [1.807, 2.05) is 0 Å². The average Bonchev–Trinajstić information content (AvgIpc) is 2.51. The zero-order chi connectivity index (χ0) is 17.8. The highest BCUT2D eigenvalue weighted by atomic mass is 16.6. The first kappa shape index (κ1) is 15.5. The van der Waals surface area contributed by atoms with Crippen molar-refractivity contribution >= 4 is 22.9 Å². The van der Waals surface area contributed by atoms with E-state index < -0.39 is 32.8 Å². The Morgan fingerprint density at radius 1 is 0.708 bits per heavy atom. The molecule has 24 heavy (non-hydrogen) atoms. The molecule has 0 saturated heterocycles. The molecule has 3 rings (SSSR count). The number of nitro benzene ring substituents is 2. The number of nitro groups is 2. The van der Waals surface area contributed by atoms with Gasteiger partial charge in [-0.2, -0.15) is 0 Å². The van der Waals surface area contributed by atoms with Gasteiger partial charge in [-0.1, -0.05) is 12.1 Å². The SMILES string of the molecule is Cc1ccc2c(c1[N+](=O)[O-])C(=O)c1ccc(C)c([N+](=O)[O-])c1C2=O. The summed E-state index contributed by atoms with van der Waals surface area (Å²) in [5.41, 5.74) is -1.39. The molecule has 0 N–H and O–H groups in total. The van der Waals surface area contributed by atoms with Crippen LogP contribution in [0.3, 0.4) is 0 Å². The summed E-state index contributed by atoms with van der Waals surface area (Å²) in [4.78, 5) is 46.7. The summed E-state index contributed by atoms with van der Waals surface area (Å²) in [6.45, 7) is 2.92. The smallest absolute Gasteiger partial charge is 0.284 e. The zero-order valence-electron chi connectivity index (χ0n) is 12.7. The number of carbonyl (C=O) groups excluding carboxylic acids is 2. The number of hydrogen-bond donors (Lipinski definition) is 0. The van der Waals surface area contributed by atoms with Gasteiger partial charge in [0.15, 0.2) is 0 Å². The van der Waals surface area contributed by atoms with Crippen LogP contribution in [0.4, 0.5) is 11.4 Å². The van der Waals surface area contributed by atoms with E-state index in [0.717, 1.165) is 0 Å². The molecule has 0 bridgehead atoms. The van der Waals surface area contributed by atoms with E-state index in [-0.39, 0.29) is 33.4 Å². The lowest BCUT2D eigenvalue weighted by atomic mass is 9.81. The van der Waals surface area contributed by atoms with E-state index in [1.165, 1.54) is 38.1 Å². The Morgan fingerprint density at radius 2 is 1.04 bits per heavy atom. The molecular formula is C16H10N2O6. The second kappa shape index (κ2) is 5.05. The Morgan fingerprint density at radius 3 is 1.33 bits per heavy atom. The molecule has 0 unspecified atom stereocenters. The molecule has 120 valence electrons. The number of nitrogens with zero attached hydrogens (tertiary/aromatic N) is 2. The molecule has 0 saturated carbocycles. The van der Waals surface area contributed by atoms with Crippen LogP contribution in [-0.4, -0.2) is 21.4 Å². The second-order valence-electron chi connectivity index (χ2n) is 5.48. The molecule has 0 fully saturated rings. The third kappa shape index (κ3) is 1.93. The Balaban J connectivity index is 2.43. The fourth-order valence-electron chi connectivity index (χ4n) is 2.97. The third-order valence-electron chi connectivity index (χ3n) is 4.07. The molecule has 0 aliphatic heterocycles. The fraction of sp³-hybridized carbons (Fsp3) is 0.125. The maximum atomic E-state index is 12.7. The van der Waals surface area contributed by atoms with Crippen LogP contribution >= 0.6 is 0 Å². The van der Waals surface area contributed by atoms with Crippen LogP contribution in [0.5, 0.6) is 0 Å². The fourth-order valence-corrected chi connectivity index (χ4v) is 2.97. The number of aryl methyl sites for hydroxylation is 2. The molecule has 8 nitrogen and oxygen atoms in total. The number of carbonyl (C=O) groups is 2. The van der Waals surface area contributed by atoms with Crippen molar-refractivity contribution in [2.75, 3.05) is 0 Å². The standard InChI is InChI=1S/C16H10N2O6/c1-7-3-5-9-11(13(7)17(21)22)15(19)10-6-4-8(2)14(18(23)24)12(10)16(9)20/h3-6H,1-2H3. The first-order valence-corrected chi connectivity index (χ1v) is 6.91. The highest BCUT2D eigenvalue weighted by Crippen LogP contribution is 2.39. The molecule has 2 aromatic carbocycles. The maximum Gasteiger partial charge on any atom is 0.284 e. The van der Waals surface area contributed by atoms with Crippen LogP contribution in [0.25, 0.3) is 0 Å². The first-order valence-electron chi connectivity index (χ1n) is 6.91. The minimum Gasteiger partial charge on any atom is -0.288 e. The Kier molecular flexibility index (Phi) is 3.26. The lowest BCUT2D eigenvalue weighted by Crippen LogP contribution is -2.24. The number of ketones is 2. The Bertz CT molecular complexity index is 898. The van der Waals surface area contributed by atoms with E-state index in [0.29, 0.717) is 0 Å². The normalized spacial score (nSPS) is 12.6. The van der Waals surface area contributed by atoms with Gasteiger partial charge in [0, 0.05) is 22.3 Å². The topological polar surface area (TPSA) is 120 Å². The largest absolute Gasteiger partial charge is 0.288 e. The van der Waals surface area contributed by atoms with Gasteiger partial charge in [-0.05, 0) is 26.0 Å². The van der Waals surface area contributed by atoms with Crippen LogP contribution < -0.4 is 0 Å². The van der Waals surface area contributed by atoms with Crippen molar-refractivity contribution in [3.63, 3.8) is 0 Å². The van der Waals surface area contributed by atoms with Crippen LogP contribution in [0.15, 0.2) is 24.3 Å². The summed E-state index contributed by atoms with van der Waals surface area (Å²) in [6, 6.07) is 5.31. The van der Waals surface area contributed by atoms with Gasteiger partial charge in [-0.15, -0.1) is 0 Å². The van der Waals surface area contributed by atoms with E-state index in [4.69, 9.17) is 0 Å². The summed E-state index contributed by atoms with van der Waals surface area (Å²) in [5.74, 6) is -1.50. The molecule has 8 heteroatoms. The zero-order valence-corrected chi connectivity index (χ0v) is 12.7. The average molecular weight is 326 g/mol. The van der Waals surface area contributed by atoms with Gasteiger partial charge in [0.05, 0.1) is 9.85 Å². The predicted molar refractivity (Wildman–Crippen MR) is 82.5 cm³/mol. The van der Waals surface area contributed by atoms with Crippen LogP contribution in [0, 0.1) is 34.1 Å². The lowest BCUT2D eigenvalue weighted by Gasteiger charge is -2.18. The molecule has 0 atom stereocenters. The van der Waals surface area contributed by atoms with E-state index >= 15 is 0 Å². The van der Waals surface area contributed by atoms with Crippen LogP contribution in [0.1, 0.15) is 43.0 Å². The second-order valence-corrected chi connectivity index (χ2v) is 5.48. The number of hydrogen-bond acceptors (Lipinski definition) is 6. The lowest BCUT2D eigenvalue weighted by molar-refractivity contribution is -0.386. The van der Waals surface area contributed by atoms with Crippen molar-refractivity contribution in [3.8, 4) is 0 Å². The molecular weight excluding hydrogens is 316 g/mol. The first-order chi connectivity index (χ1) is 11.3. The number of fused-ring (bicyclic) bond motifs is 2. The van der Waals surface area contributed by atoms with Crippen molar-refractivity contribution in [3.05, 3.63) is 77.9 Å². The number of benzene rings is 2. The van der Waals surface area contributed by atoms with Gasteiger partial charge < -0.3 is 0 Å². The molecule has 0 amide bonds. The van der Waals surface area contributed by atoms with Gasteiger partial charge in [-0.25, -0.2) is 0 Å². The van der Waals surface area contributed by atoms with Gasteiger partial charge in [0.25, 0.3) is 11.4 Å². The Hall–Kier alpha value is -3.42. The highest BCUT2D eigenvalue weighted by molar-refractivity contribution is 6.31. The van der Waals surface area contributed by atoms with Gasteiger partial charge in [0.2, 0.25) is 11.6 Å². The predicted octanol–water partition coefficient (Wildman–Crippen LogP) is 2.90. The molecule has 0 aromatic heterocycles. The van der Waals surface area contributed by atoms with E-state index in [2.05, 4.69) is 0 Å². The van der Waals surface area contributed by atoms with Crippen molar-refractivity contribution in [2.45, 2.75) is 13.8 Å². The monoisotopic (exact) mass is 326 g/mol.